The molecule has 2 fully saturated rings. The molecule has 1 heterocycles. The Bertz CT molecular complexity index is 500. The van der Waals surface area contributed by atoms with Crippen molar-refractivity contribution < 1.29 is 18.3 Å². The summed E-state index contributed by atoms with van der Waals surface area (Å²) < 4.78 is 31.7. The summed E-state index contributed by atoms with van der Waals surface area (Å²) in [4.78, 5) is 14.0. The zero-order valence-corrected chi connectivity index (χ0v) is 11.3. The molecule has 0 aromatic heterocycles. The zero-order valence-electron chi connectivity index (χ0n) is 11.3. The number of rotatable bonds is 2. The van der Waals surface area contributed by atoms with Gasteiger partial charge in [0.2, 0.25) is 0 Å². The molecule has 1 saturated heterocycles. The lowest BCUT2D eigenvalue weighted by Gasteiger charge is -2.19. The maximum atomic E-state index is 13.2. The van der Waals surface area contributed by atoms with E-state index >= 15 is 0 Å². The van der Waals surface area contributed by atoms with Crippen LogP contribution in [0.1, 0.15) is 23.2 Å². The number of ether oxygens (including phenoxy) is 1. The van der Waals surface area contributed by atoms with Gasteiger partial charge in [-0.25, -0.2) is 8.78 Å². The Labute approximate surface area is 116 Å². The molecule has 1 aliphatic heterocycles. The van der Waals surface area contributed by atoms with Gasteiger partial charge < -0.3 is 9.64 Å². The molecular weight excluding hydrogens is 264 g/mol. The Morgan fingerprint density at radius 3 is 2.20 bits per heavy atom. The van der Waals surface area contributed by atoms with E-state index in [-0.39, 0.29) is 17.6 Å². The summed E-state index contributed by atoms with van der Waals surface area (Å²) in [6, 6.07) is 2.97. The second-order valence-corrected chi connectivity index (χ2v) is 5.72. The van der Waals surface area contributed by atoms with Gasteiger partial charge in [0.25, 0.3) is 5.91 Å². The number of nitrogens with zero attached hydrogens (tertiary/aromatic N) is 1. The summed E-state index contributed by atoms with van der Waals surface area (Å²) >= 11 is 0. The van der Waals surface area contributed by atoms with Crippen molar-refractivity contribution in [2.75, 3.05) is 20.2 Å². The summed E-state index contributed by atoms with van der Waals surface area (Å²) in [5.41, 5.74) is 0.0887. The van der Waals surface area contributed by atoms with E-state index in [2.05, 4.69) is 0 Å². The van der Waals surface area contributed by atoms with Crippen molar-refractivity contribution in [3.63, 3.8) is 0 Å². The zero-order chi connectivity index (χ0) is 14.3. The fourth-order valence-corrected chi connectivity index (χ4v) is 3.46. The molecule has 1 aromatic rings. The predicted octanol–water partition coefficient (Wildman–Crippen LogP) is 2.46. The van der Waals surface area contributed by atoms with Gasteiger partial charge in [-0.2, -0.15) is 0 Å². The Morgan fingerprint density at radius 1 is 1.15 bits per heavy atom. The Balaban J connectivity index is 1.71. The van der Waals surface area contributed by atoms with Gasteiger partial charge in [-0.15, -0.1) is 0 Å². The number of hydrogen-bond donors (Lipinski definition) is 0. The molecule has 0 spiro atoms. The van der Waals surface area contributed by atoms with Crippen molar-refractivity contribution in [1.82, 2.24) is 4.90 Å². The van der Waals surface area contributed by atoms with Crippen molar-refractivity contribution in [3.8, 4) is 0 Å². The molecule has 0 bridgehead atoms. The molecule has 1 amide bonds. The third-order valence-electron chi connectivity index (χ3n) is 4.44. The van der Waals surface area contributed by atoms with E-state index in [1.54, 1.807) is 12.0 Å². The molecule has 20 heavy (non-hydrogen) atoms. The standard InChI is InChI=1S/C15H17F2NO2/c1-20-14-4-10-7-18(8-11(10)5-14)15(19)9-2-12(16)6-13(17)3-9/h2-3,6,10-11,14H,4-5,7-8H2,1H3/t10-,11+,14?. The number of halogens is 2. The first-order chi connectivity index (χ1) is 9.56. The highest BCUT2D eigenvalue weighted by Crippen LogP contribution is 2.39. The van der Waals surface area contributed by atoms with E-state index in [4.69, 9.17) is 4.74 Å². The highest BCUT2D eigenvalue weighted by atomic mass is 19.1. The Morgan fingerprint density at radius 2 is 1.70 bits per heavy atom. The molecule has 3 rings (SSSR count). The van der Waals surface area contributed by atoms with E-state index in [1.165, 1.54) is 0 Å². The highest BCUT2D eigenvalue weighted by molar-refractivity contribution is 5.94. The summed E-state index contributed by atoms with van der Waals surface area (Å²) in [7, 11) is 1.71. The van der Waals surface area contributed by atoms with Gasteiger partial charge >= 0.3 is 0 Å². The molecule has 3 nitrogen and oxygen atoms in total. The summed E-state index contributed by atoms with van der Waals surface area (Å²) in [6.07, 6.45) is 2.21. The van der Waals surface area contributed by atoms with Gasteiger partial charge in [-0.05, 0) is 36.8 Å². The lowest BCUT2D eigenvalue weighted by atomic mass is 10.0. The van der Waals surface area contributed by atoms with Crippen LogP contribution < -0.4 is 0 Å². The van der Waals surface area contributed by atoms with E-state index in [0.717, 1.165) is 31.0 Å². The first-order valence-electron chi connectivity index (χ1n) is 6.85. The van der Waals surface area contributed by atoms with Crippen LogP contribution in [0.2, 0.25) is 0 Å². The molecule has 1 saturated carbocycles. The van der Waals surface area contributed by atoms with Crippen molar-refractivity contribution in [3.05, 3.63) is 35.4 Å². The smallest absolute Gasteiger partial charge is 0.254 e. The van der Waals surface area contributed by atoms with Crippen LogP contribution in [-0.4, -0.2) is 37.1 Å². The number of carbonyl (C=O) groups excluding carboxylic acids is 1. The fraction of sp³-hybridized carbons (Fsp3) is 0.533. The number of likely N-dealkylation sites (tertiary alicyclic amines) is 1. The van der Waals surface area contributed by atoms with Crippen LogP contribution in [0.3, 0.4) is 0 Å². The van der Waals surface area contributed by atoms with Gasteiger partial charge in [0.05, 0.1) is 6.10 Å². The average molecular weight is 281 g/mol. The minimum Gasteiger partial charge on any atom is -0.381 e. The third kappa shape index (κ3) is 2.42. The van der Waals surface area contributed by atoms with Crippen LogP contribution in [0.5, 0.6) is 0 Å². The summed E-state index contributed by atoms with van der Waals surface area (Å²) in [5, 5.41) is 0. The molecule has 0 radical (unpaired) electrons. The fourth-order valence-electron chi connectivity index (χ4n) is 3.46. The topological polar surface area (TPSA) is 29.5 Å². The largest absolute Gasteiger partial charge is 0.381 e. The van der Waals surface area contributed by atoms with Gasteiger partial charge in [-0.1, -0.05) is 0 Å². The van der Waals surface area contributed by atoms with Crippen molar-refractivity contribution in [1.29, 1.82) is 0 Å². The SMILES string of the molecule is COC1C[C@@H]2CN(C(=O)c3cc(F)cc(F)c3)C[C@@H]2C1. The van der Waals surface area contributed by atoms with Crippen molar-refractivity contribution >= 4 is 5.91 Å². The van der Waals surface area contributed by atoms with Gasteiger partial charge in [0.1, 0.15) is 11.6 Å². The van der Waals surface area contributed by atoms with Crippen LogP contribution in [-0.2, 0) is 4.74 Å². The third-order valence-corrected chi connectivity index (χ3v) is 4.44. The summed E-state index contributed by atoms with van der Waals surface area (Å²) in [5.74, 6) is -0.823. The number of fused-ring (bicyclic) bond motifs is 1. The number of benzene rings is 1. The van der Waals surface area contributed by atoms with Crippen LogP contribution in [0.4, 0.5) is 8.78 Å². The summed E-state index contributed by atoms with van der Waals surface area (Å²) in [6.45, 7) is 1.31. The van der Waals surface area contributed by atoms with E-state index < -0.39 is 11.6 Å². The second kappa shape index (κ2) is 5.13. The maximum absolute atomic E-state index is 13.2. The first-order valence-corrected chi connectivity index (χ1v) is 6.85. The number of carbonyl (C=O) groups is 1. The number of methoxy groups -OCH3 is 1. The van der Waals surface area contributed by atoms with E-state index in [9.17, 15) is 13.6 Å². The molecule has 1 aromatic carbocycles. The number of amides is 1. The second-order valence-electron chi connectivity index (χ2n) is 5.72. The van der Waals surface area contributed by atoms with Crippen LogP contribution in [0.15, 0.2) is 18.2 Å². The van der Waals surface area contributed by atoms with Crippen LogP contribution >= 0.6 is 0 Å². The molecule has 1 aliphatic carbocycles. The number of hydrogen-bond acceptors (Lipinski definition) is 2. The normalized spacial score (nSPS) is 28.8. The van der Waals surface area contributed by atoms with E-state index in [1.807, 2.05) is 0 Å². The average Bonchev–Trinajstić information content (AvgIpc) is 2.94. The van der Waals surface area contributed by atoms with Gasteiger partial charge in [0, 0.05) is 31.8 Å². The minimum absolute atomic E-state index is 0.0887. The molecule has 0 N–H and O–H groups in total. The molecule has 5 heteroatoms. The lowest BCUT2D eigenvalue weighted by molar-refractivity contribution is 0.0730. The Kier molecular flexibility index (Phi) is 3.46. The quantitative estimate of drug-likeness (QED) is 0.833. The van der Waals surface area contributed by atoms with E-state index in [0.29, 0.717) is 24.9 Å². The Hall–Kier alpha value is -1.49. The molecule has 3 atom stereocenters. The highest BCUT2D eigenvalue weighted by Gasteiger charge is 2.42. The maximum Gasteiger partial charge on any atom is 0.254 e. The van der Waals surface area contributed by atoms with Gasteiger partial charge in [-0.3, -0.25) is 4.79 Å². The predicted molar refractivity (Wildman–Crippen MR) is 69.3 cm³/mol. The lowest BCUT2D eigenvalue weighted by Crippen LogP contribution is -2.30. The van der Waals surface area contributed by atoms with Crippen molar-refractivity contribution in [2.45, 2.75) is 18.9 Å². The molecule has 1 unspecified atom stereocenters. The molecule has 108 valence electrons. The van der Waals surface area contributed by atoms with Crippen LogP contribution in [0.25, 0.3) is 0 Å². The minimum atomic E-state index is -0.716. The molecule has 2 aliphatic rings. The van der Waals surface area contributed by atoms with Crippen molar-refractivity contribution in [2.24, 2.45) is 11.8 Å². The monoisotopic (exact) mass is 281 g/mol. The van der Waals surface area contributed by atoms with Crippen LogP contribution in [0, 0.1) is 23.5 Å². The van der Waals surface area contributed by atoms with Gasteiger partial charge in [0.15, 0.2) is 0 Å². The first kappa shape index (κ1) is 13.5. The molecular formula is C15H17F2NO2.